The minimum atomic E-state index is -0.00142. The molecule has 3 N–H and O–H groups in total. The zero-order chi connectivity index (χ0) is 9.84. The molecule has 1 aromatic carbocycles. The first kappa shape index (κ1) is 10.4. The van der Waals surface area contributed by atoms with Gasteiger partial charge in [0.2, 0.25) is 0 Å². The van der Waals surface area contributed by atoms with Crippen molar-refractivity contribution in [3.8, 4) is 0 Å². The van der Waals surface area contributed by atoms with Crippen LogP contribution in [0.25, 0.3) is 0 Å². The second-order valence-corrected chi connectivity index (χ2v) is 4.52. The minimum Gasteiger partial charge on any atom is -0.387 e. The van der Waals surface area contributed by atoms with E-state index in [0.717, 1.165) is 4.90 Å². The number of halogens is 1. The van der Waals surface area contributed by atoms with Gasteiger partial charge in [0.15, 0.2) is 0 Å². The van der Waals surface area contributed by atoms with Gasteiger partial charge in [0.05, 0.1) is 5.25 Å². The van der Waals surface area contributed by atoms with Gasteiger partial charge in [-0.05, 0) is 25.1 Å². The van der Waals surface area contributed by atoms with Gasteiger partial charge in [-0.25, -0.2) is 0 Å². The molecule has 13 heavy (non-hydrogen) atoms. The van der Waals surface area contributed by atoms with Gasteiger partial charge in [-0.1, -0.05) is 17.7 Å². The summed E-state index contributed by atoms with van der Waals surface area (Å²) < 4.78 is 0. The van der Waals surface area contributed by atoms with E-state index in [2.05, 4.69) is 0 Å². The number of hydrogen-bond donors (Lipinski definition) is 2. The number of nitrogens with two attached hydrogens (primary N) is 1. The highest BCUT2D eigenvalue weighted by atomic mass is 35.5. The van der Waals surface area contributed by atoms with Crippen LogP contribution in [-0.4, -0.2) is 11.1 Å². The van der Waals surface area contributed by atoms with Gasteiger partial charge in [0.1, 0.15) is 5.84 Å². The third kappa shape index (κ3) is 3.28. The van der Waals surface area contributed by atoms with E-state index in [4.69, 9.17) is 22.7 Å². The van der Waals surface area contributed by atoms with Crippen LogP contribution < -0.4 is 5.73 Å². The Morgan fingerprint density at radius 3 is 2.85 bits per heavy atom. The monoisotopic (exact) mass is 214 g/mol. The second kappa shape index (κ2) is 4.53. The molecule has 2 nitrogen and oxygen atoms in total. The maximum Gasteiger partial charge on any atom is 0.104 e. The van der Waals surface area contributed by atoms with Crippen LogP contribution in [0.2, 0.25) is 5.02 Å². The summed E-state index contributed by atoms with van der Waals surface area (Å²) in [5, 5.41) is 7.93. The summed E-state index contributed by atoms with van der Waals surface area (Å²) in [6.45, 7) is 1.90. The summed E-state index contributed by atoms with van der Waals surface area (Å²) in [5.74, 6) is 0.185. The normalized spacial score (nSPS) is 12.5. The zero-order valence-corrected chi connectivity index (χ0v) is 8.82. The molecule has 0 aliphatic heterocycles. The van der Waals surface area contributed by atoms with E-state index < -0.39 is 0 Å². The van der Waals surface area contributed by atoms with Crippen molar-refractivity contribution in [2.45, 2.75) is 17.1 Å². The predicted molar refractivity (Wildman–Crippen MR) is 58.7 cm³/mol. The van der Waals surface area contributed by atoms with E-state index in [0.29, 0.717) is 5.02 Å². The van der Waals surface area contributed by atoms with E-state index in [-0.39, 0.29) is 11.1 Å². The highest BCUT2D eigenvalue weighted by molar-refractivity contribution is 8.00. The van der Waals surface area contributed by atoms with Crippen molar-refractivity contribution < 1.29 is 0 Å². The fourth-order valence-corrected chi connectivity index (χ4v) is 1.95. The summed E-state index contributed by atoms with van der Waals surface area (Å²) in [6.07, 6.45) is 0. The highest BCUT2D eigenvalue weighted by Gasteiger charge is 2.06. The largest absolute Gasteiger partial charge is 0.387 e. The lowest BCUT2D eigenvalue weighted by molar-refractivity contribution is 1.22. The summed E-state index contributed by atoms with van der Waals surface area (Å²) >= 11 is 7.34. The number of hydrogen-bond acceptors (Lipinski definition) is 2. The molecule has 0 amide bonds. The molecule has 0 spiro atoms. The van der Waals surface area contributed by atoms with Gasteiger partial charge in [-0.3, -0.25) is 5.41 Å². The average molecular weight is 215 g/mol. The minimum absolute atomic E-state index is 0.00142. The molecular formula is C9H11ClN2S. The van der Waals surface area contributed by atoms with Gasteiger partial charge < -0.3 is 5.73 Å². The highest BCUT2D eigenvalue weighted by Crippen LogP contribution is 2.25. The molecule has 0 heterocycles. The standard InChI is InChI=1S/C9H11ClN2S/c1-6(9(11)12)13-8-4-2-3-7(10)5-8/h2-6H,1H3,(H3,11,12). The first-order chi connectivity index (χ1) is 6.09. The number of thioether (sulfide) groups is 1. The molecule has 0 saturated carbocycles. The predicted octanol–water partition coefficient (Wildman–Crippen LogP) is 2.76. The Morgan fingerprint density at radius 2 is 2.31 bits per heavy atom. The molecule has 0 fully saturated rings. The molecule has 0 saturated heterocycles. The van der Waals surface area contributed by atoms with E-state index in [9.17, 15) is 0 Å². The van der Waals surface area contributed by atoms with Crippen LogP contribution in [0, 0.1) is 5.41 Å². The Morgan fingerprint density at radius 1 is 1.62 bits per heavy atom. The quantitative estimate of drug-likeness (QED) is 0.462. The summed E-state index contributed by atoms with van der Waals surface area (Å²) in [7, 11) is 0. The molecule has 0 aliphatic rings. The molecule has 1 rings (SSSR count). The third-order valence-corrected chi connectivity index (χ3v) is 2.92. The van der Waals surface area contributed by atoms with Crippen molar-refractivity contribution in [2.75, 3.05) is 0 Å². The fraction of sp³-hybridized carbons (Fsp3) is 0.222. The molecular weight excluding hydrogens is 204 g/mol. The van der Waals surface area contributed by atoms with Gasteiger partial charge >= 0.3 is 0 Å². The van der Waals surface area contributed by atoms with Crippen molar-refractivity contribution in [1.82, 2.24) is 0 Å². The molecule has 1 unspecified atom stereocenters. The average Bonchev–Trinajstić information content (AvgIpc) is 2.04. The van der Waals surface area contributed by atoms with Crippen LogP contribution in [0.5, 0.6) is 0 Å². The van der Waals surface area contributed by atoms with Crippen LogP contribution in [0.4, 0.5) is 0 Å². The van der Waals surface area contributed by atoms with Crippen molar-refractivity contribution in [2.24, 2.45) is 5.73 Å². The Kier molecular flexibility index (Phi) is 3.63. The lowest BCUT2D eigenvalue weighted by Gasteiger charge is -2.08. The molecule has 1 aromatic rings. The smallest absolute Gasteiger partial charge is 0.104 e. The van der Waals surface area contributed by atoms with Gasteiger partial charge in [-0.15, -0.1) is 11.8 Å². The lowest BCUT2D eigenvalue weighted by Crippen LogP contribution is -2.21. The summed E-state index contributed by atoms with van der Waals surface area (Å²) in [5.41, 5.74) is 5.35. The second-order valence-electron chi connectivity index (χ2n) is 2.67. The van der Waals surface area contributed by atoms with E-state index in [1.165, 1.54) is 11.8 Å². The van der Waals surface area contributed by atoms with Crippen LogP contribution >= 0.6 is 23.4 Å². The van der Waals surface area contributed by atoms with Crippen molar-refractivity contribution >= 4 is 29.2 Å². The zero-order valence-electron chi connectivity index (χ0n) is 7.25. The lowest BCUT2D eigenvalue weighted by atomic mass is 10.4. The van der Waals surface area contributed by atoms with Crippen LogP contribution in [0.1, 0.15) is 6.92 Å². The SMILES string of the molecule is CC(Sc1cccc(Cl)c1)C(=N)N. The molecule has 0 radical (unpaired) electrons. The first-order valence-electron chi connectivity index (χ1n) is 3.85. The molecule has 0 aliphatic carbocycles. The third-order valence-electron chi connectivity index (χ3n) is 1.55. The summed E-state index contributed by atoms with van der Waals surface area (Å²) in [4.78, 5) is 1.04. The van der Waals surface area contributed by atoms with Gasteiger partial charge in [0.25, 0.3) is 0 Å². The Balaban J connectivity index is 2.69. The van der Waals surface area contributed by atoms with E-state index in [1.807, 2.05) is 31.2 Å². The number of rotatable bonds is 3. The van der Waals surface area contributed by atoms with Crippen molar-refractivity contribution in [1.29, 1.82) is 5.41 Å². The number of nitrogens with one attached hydrogen (secondary N) is 1. The van der Waals surface area contributed by atoms with E-state index >= 15 is 0 Å². The Bertz CT molecular complexity index is 314. The van der Waals surface area contributed by atoms with Crippen LogP contribution in [-0.2, 0) is 0 Å². The number of benzene rings is 1. The molecule has 70 valence electrons. The molecule has 0 bridgehead atoms. The topological polar surface area (TPSA) is 49.9 Å². The molecule has 0 aromatic heterocycles. The van der Waals surface area contributed by atoms with Gasteiger partial charge in [0, 0.05) is 9.92 Å². The first-order valence-corrected chi connectivity index (χ1v) is 5.11. The number of amidine groups is 1. The maximum absolute atomic E-state index is 7.23. The molecule has 4 heteroatoms. The van der Waals surface area contributed by atoms with Crippen molar-refractivity contribution in [3.63, 3.8) is 0 Å². The van der Waals surface area contributed by atoms with Crippen LogP contribution in [0.15, 0.2) is 29.2 Å². The van der Waals surface area contributed by atoms with Gasteiger partial charge in [-0.2, -0.15) is 0 Å². The summed E-state index contributed by atoms with van der Waals surface area (Å²) in [6, 6.07) is 7.53. The van der Waals surface area contributed by atoms with E-state index in [1.54, 1.807) is 0 Å². The van der Waals surface area contributed by atoms with Crippen molar-refractivity contribution in [3.05, 3.63) is 29.3 Å². The molecule has 1 atom stereocenters. The Labute approximate surface area is 87.0 Å². The maximum atomic E-state index is 7.23. The van der Waals surface area contributed by atoms with Crippen LogP contribution in [0.3, 0.4) is 0 Å². The Hall–Kier alpha value is -0.670. The fourth-order valence-electron chi connectivity index (χ4n) is 0.808.